The fraction of sp³-hybridized carbons (Fsp3) is 0.182. The molecule has 1 heteroatoms. The molecular formula is C22H23N. The lowest BCUT2D eigenvalue weighted by atomic mass is 10.1. The first-order valence-corrected chi connectivity index (χ1v) is 8.20. The number of benzene rings is 3. The third-order valence-corrected chi connectivity index (χ3v) is 4.20. The fourth-order valence-electron chi connectivity index (χ4n) is 2.84. The number of hydrogen-bond acceptors (Lipinski definition) is 1. The van der Waals surface area contributed by atoms with Crippen LogP contribution in [0.25, 0.3) is 0 Å². The summed E-state index contributed by atoms with van der Waals surface area (Å²) in [7, 11) is 0. The molecule has 1 nitrogen and oxygen atoms in total. The van der Waals surface area contributed by atoms with E-state index >= 15 is 0 Å². The summed E-state index contributed by atoms with van der Waals surface area (Å²) in [5.74, 6) is 0. The normalized spacial score (nSPS) is 10.6. The number of aryl methyl sites for hydroxylation is 3. The lowest BCUT2D eigenvalue weighted by Crippen LogP contribution is -2.12. The highest BCUT2D eigenvalue weighted by atomic mass is 15.1. The molecule has 0 aromatic heterocycles. The van der Waals surface area contributed by atoms with Crippen molar-refractivity contribution in [1.82, 2.24) is 0 Å². The zero-order chi connectivity index (χ0) is 16.2. The van der Waals surface area contributed by atoms with Crippen LogP contribution in [0, 0.1) is 13.8 Å². The number of rotatable bonds is 4. The Kier molecular flexibility index (Phi) is 4.47. The molecule has 0 unspecified atom stereocenters. The molecule has 0 spiro atoms. The van der Waals surface area contributed by atoms with E-state index in [-0.39, 0.29) is 0 Å². The van der Waals surface area contributed by atoms with Gasteiger partial charge in [-0.15, -0.1) is 0 Å². The number of anilines is 3. The van der Waals surface area contributed by atoms with Crippen LogP contribution in [0.2, 0.25) is 0 Å². The molecule has 0 N–H and O–H groups in total. The second-order valence-corrected chi connectivity index (χ2v) is 5.99. The molecule has 23 heavy (non-hydrogen) atoms. The molecule has 3 rings (SSSR count). The van der Waals surface area contributed by atoms with E-state index in [1.54, 1.807) is 0 Å². The summed E-state index contributed by atoms with van der Waals surface area (Å²) in [4.78, 5) is 2.34. The summed E-state index contributed by atoms with van der Waals surface area (Å²) in [6, 6.07) is 26.1. The topological polar surface area (TPSA) is 3.24 Å². The highest BCUT2D eigenvalue weighted by Gasteiger charge is 2.14. The van der Waals surface area contributed by atoms with Gasteiger partial charge >= 0.3 is 0 Å². The van der Waals surface area contributed by atoms with Crippen LogP contribution in [-0.2, 0) is 6.42 Å². The van der Waals surface area contributed by atoms with Crippen LogP contribution in [0.3, 0.4) is 0 Å². The number of nitrogens with zero attached hydrogens (tertiary/aromatic N) is 1. The molecule has 0 saturated carbocycles. The van der Waals surface area contributed by atoms with Gasteiger partial charge in [-0.25, -0.2) is 0 Å². The molecule has 0 saturated heterocycles. The summed E-state index contributed by atoms with van der Waals surface area (Å²) < 4.78 is 0. The zero-order valence-corrected chi connectivity index (χ0v) is 14.1. The van der Waals surface area contributed by atoms with Gasteiger partial charge in [0.2, 0.25) is 0 Å². The van der Waals surface area contributed by atoms with Crippen molar-refractivity contribution in [3.05, 3.63) is 89.5 Å². The van der Waals surface area contributed by atoms with Gasteiger partial charge in [0.05, 0.1) is 0 Å². The van der Waals surface area contributed by atoms with Gasteiger partial charge in [-0.2, -0.15) is 0 Å². The third-order valence-electron chi connectivity index (χ3n) is 4.20. The predicted molar refractivity (Wildman–Crippen MR) is 100.0 cm³/mol. The van der Waals surface area contributed by atoms with Crippen molar-refractivity contribution in [3.63, 3.8) is 0 Å². The van der Waals surface area contributed by atoms with Crippen LogP contribution in [-0.4, -0.2) is 0 Å². The minimum Gasteiger partial charge on any atom is -0.310 e. The van der Waals surface area contributed by atoms with Crippen LogP contribution >= 0.6 is 0 Å². The van der Waals surface area contributed by atoms with Gasteiger partial charge in [0.15, 0.2) is 0 Å². The van der Waals surface area contributed by atoms with E-state index in [2.05, 4.69) is 98.5 Å². The van der Waals surface area contributed by atoms with Crippen LogP contribution < -0.4 is 4.90 Å². The van der Waals surface area contributed by atoms with E-state index in [4.69, 9.17) is 0 Å². The molecule has 0 fully saturated rings. The van der Waals surface area contributed by atoms with Gasteiger partial charge in [0.1, 0.15) is 0 Å². The summed E-state index contributed by atoms with van der Waals surface area (Å²) >= 11 is 0. The molecule has 0 heterocycles. The summed E-state index contributed by atoms with van der Waals surface area (Å²) in [6.07, 6.45) is 1.02. The number of para-hydroxylation sites is 1. The molecule has 0 bridgehead atoms. The first-order chi connectivity index (χ1) is 11.2. The fourth-order valence-corrected chi connectivity index (χ4v) is 2.84. The molecule has 116 valence electrons. The highest BCUT2D eigenvalue weighted by Crippen LogP contribution is 2.36. The molecule has 0 atom stereocenters. The maximum Gasteiger partial charge on any atom is 0.0493 e. The Balaban J connectivity index is 2.17. The van der Waals surface area contributed by atoms with Gasteiger partial charge in [0, 0.05) is 17.1 Å². The molecule has 0 aliphatic rings. The number of hydrogen-bond donors (Lipinski definition) is 0. The van der Waals surface area contributed by atoms with Crippen LogP contribution in [0.15, 0.2) is 72.8 Å². The van der Waals surface area contributed by atoms with Crippen LogP contribution in [0.5, 0.6) is 0 Å². The molecule has 0 aliphatic heterocycles. The standard InChI is InChI=1S/C22H23N/c1-4-19-7-5-6-8-22(19)23(20-13-9-17(2)10-14-20)21-15-11-18(3)12-16-21/h5-16H,4H2,1-3H3. The van der Waals surface area contributed by atoms with E-state index in [9.17, 15) is 0 Å². The largest absolute Gasteiger partial charge is 0.310 e. The monoisotopic (exact) mass is 301 g/mol. The van der Waals surface area contributed by atoms with Crippen molar-refractivity contribution in [1.29, 1.82) is 0 Å². The van der Waals surface area contributed by atoms with E-state index in [1.807, 2.05) is 0 Å². The Morgan fingerprint density at radius 2 is 1.13 bits per heavy atom. The Labute approximate surface area is 139 Å². The summed E-state index contributed by atoms with van der Waals surface area (Å²) in [5, 5.41) is 0. The minimum absolute atomic E-state index is 1.02. The first-order valence-electron chi connectivity index (χ1n) is 8.20. The van der Waals surface area contributed by atoms with Gasteiger partial charge in [-0.1, -0.05) is 60.5 Å². The molecule has 0 radical (unpaired) electrons. The van der Waals surface area contributed by atoms with E-state index < -0.39 is 0 Å². The van der Waals surface area contributed by atoms with Crippen LogP contribution in [0.1, 0.15) is 23.6 Å². The molecule has 0 aliphatic carbocycles. The Bertz CT molecular complexity index is 724. The second-order valence-electron chi connectivity index (χ2n) is 5.99. The Morgan fingerprint density at radius 3 is 1.61 bits per heavy atom. The van der Waals surface area contributed by atoms with Crippen molar-refractivity contribution >= 4 is 17.1 Å². The molecule has 3 aromatic rings. The zero-order valence-electron chi connectivity index (χ0n) is 14.1. The second kappa shape index (κ2) is 6.70. The van der Waals surface area contributed by atoms with Crippen molar-refractivity contribution in [2.24, 2.45) is 0 Å². The van der Waals surface area contributed by atoms with Crippen LogP contribution in [0.4, 0.5) is 17.1 Å². The average molecular weight is 301 g/mol. The van der Waals surface area contributed by atoms with Gasteiger partial charge < -0.3 is 4.90 Å². The average Bonchev–Trinajstić information content (AvgIpc) is 2.59. The van der Waals surface area contributed by atoms with Crippen molar-refractivity contribution in [3.8, 4) is 0 Å². The van der Waals surface area contributed by atoms with E-state index in [0.717, 1.165) is 6.42 Å². The molecular weight excluding hydrogens is 278 g/mol. The third kappa shape index (κ3) is 3.29. The molecule has 3 aromatic carbocycles. The lowest BCUT2D eigenvalue weighted by Gasteiger charge is -2.27. The van der Waals surface area contributed by atoms with Crippen molar-refractivity contribution in [2.75, 3.05) is 4.90 Å². The summed E-state index contributed by atoms with van der Waals surface area (Å²) in [6.45, 7) is 6.46. The smallest absolute Gasteiger partial charge is 0.0493 e. The van der Waals surface area contributed by atoms with E-state index in [1.165, 1.54) is 33.8 Å². The Hall–Kier alpha value is -2.54. The van der Waals surface area contributed by atoms with Gasteiger partial charge in [0.25, 0.3) is 0 Å². The van der Waals surface area contributed by atoms with Crippen molar-refractivity contribution < 1.29 is 0 Å². The lowest BCUT2D eigenvalue weighted by molar-refractivity contribution is 1.11. The van der Waals surface area contributed by atoms with E-state index in [0.29, 0.717) is 0 Å². The summed E-state index contributed by atoms with van der Waals surface area (Å²) in [5.41, 5.74) is 7.56. The minimum atomic E-state index is 1.02. The predicted octanol–water partition coefficient (Wildman–Crippen LogP) is 6.34. The van der Waals surface area contributed by atoms with Gasteiger partial charge in [-0.3, -0.25) is 0 Å². The maximum absolute atomic E-state index is 2.34. The maximum atomic E-state index is 2.34. The first kappa shape index (κ1) is 15.4. The molecule has 0 amide bonds. The Morgan fingerprint density at radius 1 is 0.652 bits per heavy atom. The quantitative estimate of drug-likeness (QED) is 0.544. The van der Waals surface area contributed by atoms with Gasteiger partial charge in [-0.05, 0) is 56.2 Å². The SMILES string of the molecule is CCc1ccccc1N(c1ccc(C)cc1)c1ccc(C)cc1. The van der Waals surface area contributed by atoms with Crippen molar-refractivity contribution in [2.45, 2.75) is 27.2 Å². The highest BCUT2D eigenvalue weighted by molar-refractivity contribution is 5.78.